The summed E-state index contributed by atoms with van der Waals surface area (Å²) in [6.07, 6.45) is 0.750. The molecular formula is C9H16N2O2. The minimum atomic E-state index is -0.437. The lowest BCUT2D eigenvalue weighted by atomic mass is 10.2. The molecule has 0 aliphatic rings. The third-order valence-corrected chi connectivity index (χ3v) is 1.76. The predicted molar refractivity (Wildman–Crippen MR) is 48.8 cm³/mol. The van der Waals surface area contributed by atoms with Gasteiger partial charge in [-0.15, -0.1) is 0 Å². The Morgan fingerprint density at radius 2 is 2.31 bits per heavy atom. The van der Waals surface area contributed by atoms with Crippen molar-refractivity contribution in [1.29, 1.82) is 5.26 Å². The van der Waals surface area contributed by atoms with E-state index in [-0.39, 0.29) is 5.91 Å². The van der Waals surface area contributed by atoms with Crippen molar-refractivity contribution in [3.05, 3.63) is 0 Å². The summed E-state index contributed by atoms with van der Waals surface area (Å²) in [7, 11) is 1.67. The number of carbonyl (C=O) groups is 1. The van der Waals surface area contributed by atoms with Gasteiger partial charge in [-0.2, -0.15) is 5.26 Å². The molecule has 0 saturated carbocycles. The highest BCUT2D eigenvalue weighted by molar-refractivity contribution is 5.75. The molecule has 0 heterocycles. The van der Waals surface area contributed by atoms with Crippen LogP contribution in [0.2, 0.25) is 0 Å². The average molecular weight is 184 g/mol. The maximum absolute atomic E-state index is 11.3. The minimum absolute atomic E-state index is 0.0175. The van der Waals surface area contributed by atoms with E-state index in [1.807, 2.05) is 6.07 Å². The Morgan fingerprint density at radius 1 is 1.69 bits per heavy atom. The Morgan fingerprint density at radius 3 is 2.77 bits per heavy atom. The van der Waals surface area contributed by atoms with E-state index in [2.05, 4.69) is 0 Å². The van der Waals surface area contributed by atoms with Crippen molar-refractivity contribution in [3.8, 4) is 6.07 Å². The number of hydrogen-bond acceptors (Lipinski definition) is 3. The molecule has 0 fully saturated rings. The molecule has 0 aliphatic heterocycles. The van der Waals surface area contributed by atoms with Gasteiger partial charge in [-0.05, 0) is 13.3 Å². The van der Waals surface area contributed by atoms with Gasteiger partial charge in [-0.1, -0.05) is 0 Å². The normalized spacial score (nSPS) is 11.8. The summed E-state index contributed by atoms with van der Waals surface area (Å²) in [4.78, 5) is 12.8. The van der Waals surface area contributed by atoms with Crippen molar-refractivity contribution >= 4 is 5.91 Å². The molecule has 1 unspecified atom stereocenters. The molecule has 4 heteroatoms. The zero-order valence-corrected chi connectivity index (χ0v) is 8.16. The number of carbonyl (C=O) groups excluding carboxylic acids is 1. The second-order valence-corrected chi connectivity index (χ2v) is 3.11. The van der Waals surface area contributed by atoms with Gasteiger partial charge in [0.05, 0.1) is 18.6 Å². The molecule has 0 aromatic rings. The van der Waals surface area contributed by atoms with Crippen molar-refractivity contribution in [2.24, 2.45) is 0 Å². The first kappa shape index (κ1) is 11.9. The standard InChI is InChI=1S/C9H16N2O2/c1-8(12)4-5-9(13)11(2)7-3-6-10/h8,12H,3-5,7H2,1-2H3. The molecule has 0 bridgehead atoms. The molecule has 0 aromatic heterocycles. The van der Waals surface area contributed by atoms with Gasteiger partial charge in [0.15, 0.2) is 0 Å². The number of nitrogens with zero attached hydrogens (tertiary/aromatic N) is 2. The largest absolute Gasteiger partial charge is 0.393 e. The Balaban J connectivity index is 3.64. The molecule has 1 N–H and O–H groups in total. The van der Waals surface area contributed by atoms with Crippen molar-refractivity contribution < 1.29 is 9.90 Å². The lowest BCUT2D eigenvalue weighted by molar-refractivity contribution is -0.130. The topological polar surface area (TPSA) is 64.3 Å². The number of hydrogen-bond donors (Lipinski definition) is 1. The fourth-order valence-corrected chi connectivity index (χ4v) is 0.866. The van der Waals surface area contributed by atoms with Gasteiger partial charge in [-0.3, -0.25) is 4.79 Å². The zero-order valence-electron chi connectivity index (χ0n) is 8.16. The maximum atomic E-state index is 11.3. The molecule has 74 valence electrons. The van der Waals surface area contributed by atoms with Crippen molar-refractivity contribution in [2.45, 2.75) is 32.3 Å². The molecular weight excluding hydrogens is 168 g/mol. The van der Waals surface area contributed by atoms with Crippen molar-refractivity contribution in [2.75, 3.05) is 13.6 Å². The molecule has 13 heavy (non-hydrogen) atoms. The van der Waals surface area contributed by atoms with Crippen LogP contribution in [0, 0.1) is 11.3 Å². The summed E-state index contributed by atoms with van der Waals surface area (Å²) in [6, 6.07) is 1.98. The van der Waals surface area contributed by atoms with Gasteiger partial charge in [-0.25, -0.2) is 0 Å². The molecule has 0 saturated heterocycles. The molecule has 4 nitrogen and oxygen atoms in total. The van der Waals surface area contributed by atoms with Gasteiger partial charge in [0, 0.05) is 20.0 Å². The number of nitriles is 1. The highest BCUT2D eigenvalue weighted by atomic mass is 16.3. The average Bonchev–Trinajstić information content (AvgIpc) is 2.10. The number of aliphatic hydroxyl groups is 1. The van der Waals surface area contributed by atoms with Crippen LogP contribution in [-0.4, -0.2) is 35.6 Å². The molecule has 0 spiro atoms. The van der Waals surface area contributed by atoms with Gasteiger partial charge in [0.2, 0.25) is 5.91 Å². The fraction of sp³-hybridized carbons (Fsp3) is 0.778. The first-order valence-corrected chi connectivity index (χ1v) is 4.37. The zero-order chi connectivity index (χ0) is 10.3. The van der Waals surface area contributed by atoms with Gasteiger partial charge < -0.3 is 10.0 Å². The predicted octanol–water partition coefficient (Wildman–Crippen LogP) is 0.519. The first-order valence-electron chi connectivity index (χ1n) is 4.37. The molecule has 0 aliphatic carbocycles. The first-order chi connectivity index (χ1) is 6.07. The second-order valence-electron chi connectivity index (χ2n) is 3.11. The summed E-state index contributed by atoms with van der Waals surface area (Å²) in [6.45, 7) is 2.12. The van der Waals surface area contributed by atoms with E-state index in [1.54, 1.807) is 14.0 Å². The SMILES string of the molecule is CC(O)CCC(=O)N(C)CCC#N. The Kier molecular flexibility index (Phi) is 5.90. The van der Waals surface area contributed by atoms with Gasteiger partial charge in [0.1, 0.15) is 0 Å². The quantitative estimate of drug-likeness (QED) is 0.677. The highest BCUT2D eigenvalue weighted by Gasteiger charge is 2.08. The lowest BCUT2D eigenvalue weighted by Gasteiger charge is -2.15. The number of aliphatic hydroxyl groups excluding tert-OH is 1. The van der Waals surface area contributed by atoms with E-state index in [9.17, 15) is 4.79 Å². The van der Waals surface area contributed by atoms with E-state index in [0.29, 0.717) is 25.8 Å². The smallest absolute Gasteiger partial charge is 0.222 e. The Hall–Kier alpha value is -1.08. The summed E-state index contributed by atoms with van der Waals surface area (Å²) < 4.78 is 0. The third kappa shape index (κ3) is 6.12. The van der Waals surface area contributed by atoms with Crippen molar-refractivity contribution in [3.63, 3.8) is 0 Å². The monoisotopic (exact) mass is 184 g/mol. The minimum Gasteiger partial charge on any atom is -0.393 e. The van der Waals surface area contributed by atoms with Crippen LogP contribution in [0.1, 0.15) is 26.2 Å². The lowest BCUT2D eigenvalue weighted by Crippen LogP contribution is -2.27. The van der Waals surface area contributed by atoms with Crippen LogP contribution >= 0.6 is 0 Å². The molecule has 1 atom stereocenters. The molecule has 1 amide bonds. The molecule has 0 rings (SSSR count). The summed E-state index contributed by atoms with van der Waals surface area (Å²) in [5, 5.41) is 17.2. The van der Waals surface area contributed by atoms with Crippen LogP contribution in [0.4, 0.5) is 0 Å². The van der Waals surface area contributed by atoms with Gasteiger partial charge in [0.25, 0.3) is 0 Å². The van der Waals surface area contributed by atoms with Crippen LogP contribution in [0.25, 0.3) is 0 Å². The van der Waals surface area contributed by atoms with E-state index in [1.165, 1.54) is 4.90 Å². The van der Waals surface area contributed by atoms with E-state index in [4.69, 9.17) is 10.4 Å². The highest BCUT2D eigenvalue weighted by Crippen LogP contribution is 2.00. The van der Waals surface area contributed by atoms with Crippen LogP contribution in [0.15, 0.2) is 0 Å². The van der Waals surface area contributed by atoms with E-state index >= 15 is 0 Å². The third-order valence-electron chi connectivity index (χ3n) is 1.76. The maximum Gasteiger partial charge on any atom is 0.222 e. The van der Waals surface area contributed by atoms with Gasteiger partial charge >= 0.3 is 0 Å². The summed E-state index contributed by atoms with van der Waals surface area (Å²) >= 11 is 0. The molecule has 0 aromatic carbocycles. The number of amides is 1. The number of rotatable bonds is 5. The molecule has 0 radical (unpaired) electrons. The van der Waals surface area contributed by atoms with E-state index in [0.717, 1.165) is 0 Å². The second kappa shape index (κ2) is 6.44. The van der Waals surface area contributed by atoms with E-state index < -0.39 is 6.10 Å². The Bertz CT molecular complexity index is 196. The fourth-order valence-electron chi connectivity index (χ4n) is 0.866. The van der Waals surface area contributed by atoms with Crippen LogP contribution in [0.3, 0.4) is 0 Å². The van der Waals surface area contributed by atoms with Crippen LogP contribution in [0.5, 0.6) is 0 Å². The summed E-state index contributed by atoms with van der Waals surface area (Å²) in [5.41, 5.74) is 0. The Labute approximate surface area is 78.8 Å². The summed E-state index contributed by atoms with van der Waals surface area (Å²) in [5.74, 6) is -0.0175. The van der Waals surface area contributed by atoms with Crippen LogP contribution in [-0.2, 0) is 4.79 Å². The van der Waals surface area contributed by atoms with Crippen molar-refractivity contribution in [1.82, 2.24) is 4.90 Å². The van der Waals surface area contributed by atoms with Crippen LogP contribution < -0.4 is 0 Å².